The van der Waals surface area contributed by atoms with E-state index in [9.17, 15) is 9.59 Å². The maximum atomic E-state index is 12.4. The fraction of sp³-hybridized carbons (Fsp3) is 0.176. The first-order chi connectivity index (χ1) is 12.2. The highest BCUT2D eigenvalue weighted by Gasteiger charge is 2.35. The van der Waals surface area contributed by atoms with Gasteiger partial charge in [0.1, 0.15) is 0 Å². The zero-order valence-corrected chi connectivity index (χ0v) is 13.1. The van der Waals surface area contributed by atoms with Gasteiger partial charge < -0.3 is 13.7 Å². The molecule has 1 aromatic carbocycles. The van der Waals surface area contributed by atoms with E-state index in [0.29, 0.717) is 12.3 Å². The number of benzene rings is 1. The van der Waals surface area contributed by atoms with Crippen LogP contribution in [0.25, 0.3) is 11.7 Å². The quantitative estimate of drug-likeness (QED) is 0.783. The molecule has 3 aromatic rings. The van der Waals surface area contributed by atoms with Crippen LogP contribution in [0.5, 0.6) is 0 Å². The maximum absolute atomic E-state index is 12.4. The van der Waals surface area contributed by atoms with E-state index in [0.717, 1.165) is 5.69 Å². The van der Waals surface area contributed by atoms with Crippen molar-refractivity contribution in [1.29, 1.82) is 0 Å². The first-order valence-corrected chi connectivity index (χ1v) is 7.74. The molecule has 8 heteroatoms. The second-order valence-corrected chi connectivity index (χ2v) is 5.62. The molecular formula is C17H14N4O4. The minimum Gasteiger partial charge on any atom is -0.459 e. The molecule has 0 spiro atoms. The number of amides is 2. The first-order valence-electron chi connectivity index (χ1n) is 7.74. The smallest absolute Gasteiger partial charge is 0.322 e. The average molecular weight is 338 g/mol. The molecular weight excluding hydrogens is 324 g/mol. The fourth-order valence-electron chi connectivity index (χ4n) is 2.72. The number of hydrogen-bond donors (Lipinski definition) is 1. The summed E-state index contributed by atoms with van der Waals surface area (Å²) in [5, 5.41) is 10.1. The van der Waals surface area contributed by atoms with Crippen LogP contribution in [-0.4, -0.2) is 28.6 Å². The zero-order valence-electron chi connectivity index (χ0n) is 13.1. The molecule has 0 aliphatic carbocycles. The van der Waals surface area contributed by atoms with Gasteiger partial charge in [-0.15, -0.1) is 5.10 Å². The lowest BCUT2D eigenvalue weighted by Gasteiger charge is -2.16. The third-order valence-electron chi connectivity index (χ3n) is 3.95. The minimum atomic E-state index is -0.480. The zero-order chi connectivity index (χ0) is 17.2. The summed E-state index contributed by atoms with van der Waals surface area (Å²) >= 11 is 0. The van der Waals surface area contributed by atoms with E-state index in [1.54, 1.807) is 17.0 Å². The summed E-state index contributed by atoms with van der Waals surface area (Å²) in [6, 6.07) is 12.6. The topological polar surface area (TPSA) is 101 Å². The molecule has 1 aliphatic rings. The van der Waals surface area contributed by atoms with E-state index in [2.05, 4.69) is 15.5 Å². The van der Waals surface area contributed by atoms with E-state index in [1.807, 2.05) is 30.3 Å². The van der Waals surface area contributed by atoms with Gasteiger partial charge in [0, 0.05) is 18.7 Å². The number of furan rings is 1. The Labute approximate surface area is 142 Å². The summed E-state index contributed by atoms with van der Waals surface area (Å²) in [6.07, 6.45) is 1.63. The molecule has 1 unspecified atom stereocenters. The van der Waals surface area contributed by atoms with Crippen LogP contribution in [0.2, 0.25) is 0 Å². The second kappa shape index (κ2) is 6.23. The van der Waals surface area contributed by atoms with Crippen molar-refractivity contribution in [3.05, 3.63) is 48.7 Å². The Kier molecular flexibility index (Phi) is 3.77. The molecule has 8 nitrogen and oxygen atoms in total. The van der Waals surface area contributed by atoms with Crippen LogP contribution in [0.15, 0.2) is 57.6 Å². The van der Waals surface area contributed by atoms with Gasteiger partial charge in [-0.05, 0) is 24.3 Å². The molecule has 25 heavy (non-hydrogen) atoms. The van der Waals surface area contributed by atoms with Gasteiger partial charge in [-0.3, -0.25) is 14.9 Å². The Balaban J connectivity index is 1.43. The molecule has 1 aliphatic heterocycles. The van der Waals surface area contributed by atoms with Crippen molar-refractivity contribution in [2.24, 2.45) is 5.92 Å². The lowest BCUT2D eigenvalue weighted by atomic mass is 10.1. The van der Waals surface area contributed by atoms with E-state index in [4.69, 9.17) is 8.83 Å². The normalized spacial score (nSPS) is 17.0. The Hall–Kier alpha value is -3.42. The lowest BCUT2D eigenvalue weighted by molar-refractivity contribution is -0.122. The third kappa shape index (κ3) is 3.01. The van der Waals surface area contributed by atoms with Crippen molar-refractivity contribution in [3.63, 3.8) is 0 Å². The number of nitrogens with one attached hydrogen (secondary N) is 1. The lowest BCUT2D eigenvalue weighted by Crippen LogP contribution is -2.28. The third-order valence-corrected chi connectivity index (χ3v) is 3.95. The van der Waals surface area contributed by atoms with Gasteiger partial charge in [-0.25, -0.2) is 0 Å². The predicted octanol–water partition coefficient (Wildman–Crippen LogP) is 2.32. The number of carbonyl (C=O) groups excluding carboxylic acids is 2. The number of aromatic nitrogens is 2. The van der Waals surface area contributed by atoms with Crippen LogP contribution in [0, 0.1) is 5.92 Å². The van der Waals surface area contributed by atoms with Crippen molar-refractivity contribution in [2.75, 3.05) is 16.8 Å². The van der Waals surface area contributed by atoms with Gasteiger partial charge in [-0.2, -0.15) is 0 Å². The number of rotatable bonds is 4. The van der Waals surface area contributed by atoms with Crippen LogP contribution in [0.1, 0.15) is 6.42 Å². The van der Waals surface area contributed by atoms with Crippen LogP contribution in [-0.2, 0) is 9.59 Å². The number of anilines is 2. The van der Waals surface area contributed by atoms with Crippen LogP contribution in [0.3, 0.4) is 0 Å². The Morgan fingerprint density at radius 2 is 2.00 bits per heavy atom. The molecule has 1 atom stereocenters. The monoisotopic (exact) mass is 338 g/mol. The summed E-state index contributed by atoms with van der Waals surface area (Å²) in [5.74, 6) is -0.311. The van der Waals surface area contributed by atoms with Gasteiger partial charge in [0.25, 0.3) is 5.89 Å². The van der Waals surface area contributed by atoms with Crippen LogP contribution >= 0.6 is 0 Å². The number of para-hydroxylation sites is 1. The molecule has 2 amide bonds. The number of nitrogens with zero attached hydrogens (tertiary/aromatic N) is 3. The van der Waals surface area contributed by atoms with Gasteiger partial charge in [0.05, 0.1) is 12.2 Å². The van der Waals surface area contributed by atoms with E-state index in [-0.39, 0.29) is 30.1 Å². The summed E-state index contributed by atoms with van der Waals surface area (Å²) in [5.41, 5.74) is 0.778. The standard InChI is InChI=1S/C17H14N4O4/c22-14-9-11(10-21(14)12-5-2-1-3-6-12)15(23)18-17-20-19-16(25-17)13-7-4-8-24-13/h1-8,11H,9-10H2,(H,18,20,23). The fourth-order valence-corrected chi connectivity index (χ4v) is 2.72. The number of hydrogen-bond acceptors (Lipinski definition) is 6. The van der Waals surface area contributed by atoms with Gasteiger partial charge >= 0.3 is 6.01 Å². The highest BCUT2D eigenvalue weighted by molar-refractivity contribution is 6.02. The Morgan fingerprint density at radius 3 is 2.76 bits per heavy atom. The molecule has 2 aromatic heterocycles. The van der Waals surface area contributed by atoms with Crippen LogP contribution < -0.4 is 10.2 Å². The van der Waals surface area contributed by atoms with Crippen molar-refractivity contribution in [1.82, 2.24) is 10.2 Å². The van der Waals surface area contributed by atoms with E-state index >= 15 is 0 Å². The molecule has 4 rings (SSSR count). The molecule has 0 radical (unpaired) electrons. The number of carbonyl (C=O) groups is 2. The van der Waals surface area contributed by atoms with Crippen molar-refractivity contribution < 1.29 is 18.4 Å². The molecule has 0 saturated carbocycles. The Bertz CT molecular complexity index is 889. The molecule has 1 saturated heterocycles. The summed E-state index contributed by atoms with van der Waals surface area (Å²) < 4.78 is 10.5. The molecule has 126 valence electrons. The van der Waals surface area contributed by atoms with Crippen molar-refractivity contribution >= 4 is 23.5 Å². The van der Waals surface area contributed by atoms with E-state index < -0.39 is 5.92 Å². The molecule has 0 bridgehead atoms. The first kappa shape index (κ1) is 15.1. The summed E-state index contributed by atoms with van der Waals surface area (Å²) in [4.78, 5) is 26.2. The molecule has 1 N–H and O–H groups in total. The van der Waals surface area contributed by atoms with Gasteiger partial charge in [0.15, 0.2) is 5.76 Å². The predicted molar refractivity (Wildman–Crippen MR) is 87.5 cm³/mol. The second-order valence-electron chi connectivity index (χ2n) is 5.62. The van der Waals surface area contributed by atoms with Gasteiger partial charge in [0.2, 0.25) is 11.8 Å². The Morgan fingerprint density at radius 1 is 1.16 bits per heavy atom. The summed E-state index contributed by atoms with van der Waals surface area (Å²) in [7, 11) is 0. The van der Waals surface area contributed by atoms with Crippen molar-refractivity contribution in [2.45, 2.75) is 6.42 Å². The average Bonchev–Trinajstić information content (AvgIpc) is 3.35. The molecule has 3 heterocycles. The SMILES string of the molecule is O=C(Nc1nnc(-c2ccco2)o1)C1CC(=O)N(c2ccccc2)C1. The largest absolute Gasteiger partial charge is 0.459 e. The summed E-state index contributed by atoms with van der Waals surface area (Å²) in [6.45, 7) is 0.313. The van der Waals surface area contributed by atoms with Crippen LogP contribution in [0.4, 0.5) is 11.7 Å². The van der Waals surface area contributed by atoms with Gasteiger partial charge in [-0.1, -0.05) is 23.3 Å². The highest BCUT2D eigenvalue weighted by atomic mass is 16.4. The maximum Gasteiger partial charge on any atom is 0.322 e. The minimum absolute atomic E-state index is 0.0259. The van der Waals surface area contributed by atoms with E-state index in [1.165, 1.54) is 6.26 Å². The molecule has 1 fully saturated rings. The highest BCUT2D eigenvalue weighted by Crippen LogP contribution is 2.26. The van der Waals surface area contributed by atoms with Crippen molar-refractivity contribution in [3.8, 4) is 11.7 Å².